The maximum Gasteiger partial charge on any atom is 0.140 e. The summed E-state index contributed by atoms with van der Waals surface area (Å²) in [4.78, 5) is 8.01. The summed E-state index contributed by atoms with van der Waals surface area (Å²) in [5.74, 6) is 2.21. The van der Waals surface area contributed by atoms with Gasteiger partial charge < -0.3 is 14.8 Å². The van der Waals surface area contributed by atoms with Gasteiger partial charge in [0.05, 0.1) is 23.6 Å². The first-order valence-corrected chi connectivity index (χ1v) is 15.4. The molecule has 210 valence electrons. The lowest BCUT2D eigenvalue weighted by Crippen LogP contribution is -2.40. The van der Waals surface area contributed by atoms with E-state index < -0.39 is 12.2 Å². The second kappa shape index (κ2) is 13.7. The molecule has 3 unspecified atom stereocenters. The molecule has 39 heavy (non-hydrogen) atoms. The van der Waals surface area contributed by atoms with Crippen molar-refractivity contribution < 1.29 is 10.2 Å². The number of rotatable bonds is 11. The van der Waals surface area contributed by atoms with E-state index in [4.69, 9.17) is 4.98 Å². The molecule has 3 atom stereocenters. The Bertz CT molecular complexity index is 1140. The van der Waals surface area contributed by atoms with Crippen molar-refractivity contribution in [2.24, 2.45) is 11.8 Å². The van der Waals surface area contributed by atoms with Crippen LogP contribution in [0.3, 0.4) is 0 Å². The van der Waals surface area contributed by atoms with Crippen molar-refractivity contribution in [1.29, 1.82) is 0 Å². The minimum Gasteiger partial charge on any atom is -0.390 e. The van der Waals surface area contributed by atoms with E-state index >= 15 is 0 Å². The zero-order valence-corrected chi connectivity index (χ0v) is 23.7. The topological polar surface area (TPSA) is 61.5 Å². The number of aromatic nitrogens is 2. The van der Waals surface area contributed by atoms with Gasteiger partial charge in [0.15, 0.2) is 0 Å². The number of aliphatic hydroxyl groups is 2. The number of benzene rings is 2. The maximum atomic E-state index is 10.5. The van der Waals surface area contributed by atoms with Crippen LogP contribution < -0.4 is 0 Å². The Morgan fingerprint density at radius 1 is 0.795 bits per heavy atom. The van der Waals surface area contributed by atoms with Crippen LogP contribution in [0.1, 0.15) is 76.8 Å². The standard InChI is InChI=1S/C34H47N3O2/c1-2-3-21-37-30(33(28-15-9-5-10-16-28)35-34(37)29-17-11-6-12-18-29)25-36(23-26-13-7-4-8-14-26)24-27-19-20-31(38)32(39)22-27/h5-6,9-12,15-18,26-27,31-32,38-39H,2-4,7-8,13-14,19-25H2,1H3. The average molecular weight is 530 g/mol. The predicted molar refractivity (Wildman–Crippen MR) is 159 cm³/mol. The number of nitrogens with zero attached hydrogens (tertiary/aromatic N) is 3. The van der Waals surface area contributed by atoms with Gasteiger partial charge in [-0.05, 0) is 50.4 Å². The molecule has 0 bridgehead atoms. The van der Waals surface area contributed by atoms with E-state index in [2.05, 4.69) is 77.1 Å². The Morgan fingerprint density at radius 3 is 2.13 bits per heavy atom. The van der Waals surface area contributed by atoms with Crippen LogP contribution in [0, 0.1) is 11.8 Å². The molecule has 2 saturated carbocycles. The SMILES string of the molecule is CCCCn1c(-c2ccccc2)nc(-c2ccccc2)c1CN(CC1CCCCC1)CC1CCC(O)C(O)C1. The Balaban J connectivity index is 1.52. The quantitative estimate of drug-likeness (QED) is 0.283. The first-order chi connectivity index (χ1) is 19.1. The van der Waals surface area contributed by atoms with Crippen molar-refractivity contribution in [3.05, 3.63) is 66.4 Å². The molecule has 5 rings (SSSR count). The third kappa shape index (κ3) is 7.19. The molecule has 0 saturated heterocycles. The molecule has 2 N–H and O–H groups in total. The number of unbranched alkanes of at least 4 members (excludes halogenated alkanes) is 1. The first-order valence-electron chi connectivity index (χ1n) is 15.4. The summed E-state index contributed by atoms with van der Waals surface area (Å²) in [5.41, 5.74) is 4.74. The van der Waals surface area contributed by atoms with Gasteiger partial charge in [0.2, 0.25) is 0 Å². The van der Waals surface area contributed by atoms with E-state index in [1.807, 2.05) is 0 Å². The van der Waals surface area contributed by atoms with Crippen LogP contribution in [-0.4, -0.2) is 50.0 Å². The zero-order valence-electron chi connectivity index (χ0n) is 23.7. The van der Waals surface area contributed by atoms with Crippen molar-refractivity contribution >= 4 is 0 Å². The monoisotopic (exact) mass is 529 g/mol. The summed E-state index contributed by atoms with van der Waals surface area (Å²) >= 11 is 0. The van der Waals surface area contributed by atoms with E-state index in [-0.39, 0.29) is 0 Å². The largest absolute Gasteiger partial charge is 0.390 e. The average Bonchev–Trinajstić information content (AvgIpc) is 3.33. The molecule has 1 aromatic heterocycles. The smallest absolute Gasteiger partial charge is 0.140 e. The highest BCUT2D eigenvalue weighted by Crippen LogP contribution is 2.34. The molecular formula is C34H47N3O2. The van der Waals surface area contributed by atoms with Gasteiger partial charge in [-0.1, -0.05) is 93.3 Å². The van der Waals surface area contributed by atoms with Gasteiger partial charge in [0, 0.05) is 37.3 Å². The molecule has 2 fully saturated rings. The second-order valence-corrected chi connectivity index (χ2v) is 12.0. The zero-order chi connectivity index (χ0) is 27.0. The van der Waals surface area contributed by atoms with Gasteiger partial charge in [0.25, 0.3) is 0 Å². The maximum absolute atomic E-state index is 10.5. The number of hydrogen-bond acceptors (Lipinski definition) is 4. The fourth-order valence-electron chi connectivity index (χ4n) is 6.74. The van der Waals surface area contributed by atoms with Crippen LogP contribution in [0.25, 0.3) is 22.6 Å². The van der Waals surface area contributed by atoms with Crippen LogP contribution in [-0.2, 0) is 13.1 Å². The normalized spacial score (nSPS) is 22.4. The lowest BCUT2D eigenvalue weighted by atomic mass is 9.84. The Kier molecular flexibility index (Phi) is 9.89. The molecule has 0 amide bonds. The number of imidazole rings is 1. The van der Waals surface area contributed by atoms with Crippen LogP contribution >= 0.6 is 0 Å². The fourth-order valence-corrected chi connectivity index (χ4v) is 6.74. The Hall–Kier alpha value is -2.47. The summed E-state index contributed by atoms with van der Waals surface area (Å²) in [6, 6.07) is 21.3. The molecule has 2 aromatic carbocycles. The first kappa shape index (κ1) is 28.1. The molecule has 0 spiro atoms. The van der Waals surface area contributed by atoms with Crippen molar-refractivity contribution in [3.8, 4) is 22.6 Å². The van der Waals surface area contributed by atoms with Gasteiger partial charge in [-0.2, -0.15) is 0 Å². The molecule has 5 heteroatoms. The summed E-state index contributed by atoms with van der Waals surface area (Å²) in [6.07, 6.45) is 10.2. The van der Waals surface area contributed by atoms with E-state index in [0.717, 1.165) is 62.9 Å². The van der Waals surface area contributed by atoms with Crippen molar-refractivity contribution in [1.82, 2.24) is 14.5 Å². The highest BCUT2D eigenvalue weighted by molar-refractivity contribution is 5.68. The van der Waals surface area contributed by atoms with Gasteiger partial charge in [-0.3, -0.25) is 4.90 Å². The van der Waals surface area contributed by atoms with E-state index in [1.54, 1.807) is 0 Å². The van der Waals surface area contributed by atoms with Gasteiger partial charge in [0.1, 0.15) is 5.82 Å². The lowest BCUT2D eigenvalue weighted by molar-refractivity contribution is -0.0314. The number of hydrogen-bond donors (Lipinski definition) is 2. The molecule has 3 aromatic rings. The molecule has 5 nitrogen and oxygen atoms in total. The third-order valence-electron chi connectivity index (χ3n) is 8.91. The van der Waals surface area contributed by atoms with Gasteiger partial charge in [-0.15, -0.1) is 0 Å². The summed E-state index contributed by atoms with van der Waals surface area (Å²) in [7, 11) is 0. The Morgan fingerprint density at radius 2 is 1.46 bits per heavy atom. The van der Waals surface area contributed by atoms with E-state index in [9.17, 15) is 10.2 Å². The third-order valence-corrected chi connectivity index (χ3v) is 8.91. The minimum absolute atomic E-state index is 0.410. The van der Waals surface area contributed by atoms with Crippen molar-refractivity contribution in [3.63, 3.8) is 0 Å². The molecular weight excluding hydrogens is 482 g/mol. The van der Waals surface area contributed by atoms with Gasteiger partial charge in [-0.25, -0.2) is 4.98 Å². The van der Waals surface area contributed by atoms with E-state index in [1.165, 1.54) is 48.9 Å². The molecule has 0 aliphatic heterocycles. The molecule has 1 heterocycles. The minimum atomic E-state index is -0.597. The molecule has 2 aliphatic carbocycles. The summed E-state index contributed by atoms with van der Waals surface area (Å²) < 4.78 is 2.49. The van der Waals surface area contributed by atoms with E-state index in [0.29, 0.717) is 18.8 Å². The molecule has 0 radical (unpaired) electrons. The highest BCUT2D eigenvalue weighted by atomic mass is 16.3. The highest BCUT2D eigenvalue weighted by Gasteiger charge is 2.30. The van der Waals surface area contributed by atoms with Gasteiger partial charge >= 0.3 is 0 Å². The number of aliphatic hydroxyl groups excluding tert-OH is 2. The fraction of sp³-hybridized carbons (Fsp3) is 0.559. The van der Waals surface area contributed by atoms with Crippen LogP contribution in [0.4, 0.5) is 0 Å². The second-order valence-electron chi connectivity index (χ2n) is 12.0. The summed E-state index contributed by atoms with van der Waals surface area (Å²) in [5, 5.41) is 20.6. The van der Waals surface area contributed by atoms with Crippen molar-refractivity contribution in [2.75, 3.05) is 13.1 Å². The van der Waals surface area contributed by atoms with Crippen LogP contribution in [0.15, 0.2) is 60.7 Å². The van der Waals surface area contributed by atoms with Crippen LogP contribution in [0.5, 0.6) is 0 Å². The Labute approximate surface area is 234 Å². The lowest BCUT2D eigenvalue weighted by Gasteiger charge is -2.36. The molecule has 2 aliphatic rings. The predicted octanol–water partition coefficient (Wildman–Crippen LogP) is 6.92. The van der Waals surface area contributed by atoms with Crippen LogP contribution in [0.2, 0.25) is 0 Å². The van der Waals surface area contributed by atoms with Crippen molar-refractivity contribution in [2.45, 2.75) is 96.4 Å². The summed E-state index contributed by atoms with van der Waals surface area (Å²) in [6.45, 7) is 6.15.